The van der Waals surface area contributed by atoms with Crippen LogP contribution in [0.15, 0.2) is 0 Å². The fraction of sp³-hybridized carbons (Fsp3) is 0.846. The molecule has 7 heteroatoms. The molecule has 0 aromatic rings. The molecule has 0 spiro atoms. The topological polar surface area (TPSA) is 93.1 Å². The number of piperidine rings is 1. The minimum absolute atomic E-state index is 0.0171. The van der Waals surface area contributed by atoms with Crippen molar-refractivity contribution in [1.29, 1.82) is 0 Å². The van der Waals surface area contributed by atoms with Crippen molar-refractivity contribution in [3.05, 3.63) is 0 Å². The van der Waals surface area contributed by atoms with Crippen LogP contribution < -0.4 is 5.32 Å². The lowest BCUT2D eigenvalue weighted by Gasteiger charge is -2.36. The summed E-state index contributed by atoms with van der Waals surface area (Å²) >= 11 is 0. The average Bonchev–Trinajstić information content (AvgIpc) is 2.46. The van der Waals surface area contributed by atoms with Gasteiger partial charge in [-0.1, -0.05) is 6.92 Å². The molecular formula is C13H25N3O4. The summed E-state index contributed by atoms with van der Waals surface area (Å²) in [6, 6.07) is 0.0136. The van der Waals surface area contributed by atoms with Crippen LogP contribution in [0.25, 0.3) is 0 Å². The zero-order valence-electron chi connectivity index (χ0n) is 12.2. The zero-order valence-corrected chi connectivity index (χ0v) is 12.2. The largest absolute Gasteiger partial charge is 0.479 e. The fourth-order valence-corrected chi connectivity index (χ4v) is 2.35. The van der Waals surface area contributed by atoms with E-state index in [1.807, 2.05) is 0 Å². The van der Waals surface area contributed by atoms with E-state index in [4.69, 9.17) is 10.2 Å². The number of carbonyl (C=O) groups is 2. The number of aliphatic carboxylic acids is 1. The first kappa shape index (κ1) is 16.7. The third-order valence-corrected chi connectivity index (χ3v) is 3.85. The summed E-state index contributed by atoms with van der Waals surface area (Å²) < 4.78 is 0. The van der Waals surface area contributed by atoms with Crippen LogP contribution in [-0.2, 0) is 4.79 Å². The number of aliphatic hydroxyl groups excluding tert-OH is 1. The molecule has 1 rings (SSSR count). The Bertz CT molecular complexity index is 330. The van der Waals surface area contributed by atoms with Crippen molar-refractivity contribution in [2.75, 3.05) is 33.2 Å². The Morgan fingerprint density at radius 2 is 2.00 bits per heavy atom. The summed E-state index contributed by atoms with van der Waals surface area (Å²) in [5, 5.41) is 20.3. The number of urea groups is 1. The van der Waals surface area contributed by atoms with Crippen LogP contribution in [0, 0.1) is 0 Å². The second-order valence-electron chi connectivity index (χ2n) is 5.15. The van der Waals surface area contributed by atoms with Crippen LogP contribution in [0.2, 0.25) is 0 Å². The highest BCUT2D eigenvalue weighted by atomic mass is 16.4. The highest BCUT2D eigenvalue weighted by molar-refractivity contribution is 5.74. The molecule has 1 saturated heterocycles. The molecule has 20 heavy (non-hydrogen) atoms. The lowest BCUT2D eigenvalue weighted by atomic mass is 10.0. The summed E-state index contributed by atoms with van der Waals surface area (Å²) in [7, 11) is 1.76. The monoisotopic (exact) mass is 287 g/mol. The lowest BCUT2D eigenvalue weighted by molar-refractivity contribution is -0.146. The maximum Gasteiger partial charge on any atom is 0.332 e. The number of amides is 2. The van der Waals surface area contributed by atoms with Gasteiger partial charge in [-0.15, -0.1) is 0 Å². The van der Waals surface area contributed by atoms with E-state index < -0.39 is 12.1 Å². The third kappa shape index (κ3) is 4.97. The molecule has 0 aromatic heterocycles. The van der Waals surface area contributed by atoms with E-state index in [2.05, 4.69) is 17.1 Å². The van der Waals surface area contributed by atoms with Gasteiger partial charge in [-0.3, -0.25) is 0 Å². The number of likely N-dealkylation sites (tertiary alicyclic amines) is 1. The highest BCUT2D eigenvalue weighted by Crippen LogP contribution is 2.15. The van der Waals surface area contributed by atoms with Crippen molar-refractivity contribution in [1.82, 2.24) is 15.1 Å². The van der Waals surface area contributed by atoms with Crippen LogP contribution in [0.1, 0.15) is 26.2 Å². The first-order valence-electron chi connectivity index (χ1n) is 7.09. The van der Waals surface area contributed by atoms with E-state index in [-0.39, 0.29) is 25.0 Å². The van der Waals surface area contributed by atoms with Crippen molar-refractivity contribution in [2.45, 2.75) is 38.3 Å². The van der Waals surface area contributed by atoms with Gasteiger partial charge in [0.05, 0.1) is 0 Å². The molecule has 1 heterocycles. The normalized spacial score (nSPS) is 18.6. The van der Waals surface area contributed by atoms with E-state index in [1.165, 1.54) is 0 Å². The Labute approximate surface area is 119 Å². The van der Waals surface area contributed by atoms with Gasteiger partial charge in [0.2, 0.25) is 0 Å². The number of hydrogen-bond donors (Lipinski definition) is 3. The van der Waals surface area contributed by atoms with Gasteiger partial charge in [-0.05, 0) is 19.4 Å². The number of carbonyl (C=O) groups excluding carboxylic acids is 1. The molecule has 116 valence electrons. The van der Waals surface area contributed by atoms with Crippen LogP contribution >= 0.6 is 0 Å². The molecule has 0 saturated carbocycles. The van der Waals surface area contributed by atoms with Gasteiger partial charge in [0.1, 0.15) is 0 Å². The predicted molar refractivity (Wildman–Crippen MR) is 74.6 cm³/mol. The van der Waals surface area contributed by atoms with Gasteiger partial charge < -0.3 is 25.3 Å². The van der Waals surface area contributed by atoms with Crippen molar-refractivity contribution in [2.24, 2.45) is 0 Å². The maximum absolute atomic E-state index is 11.9. The minimum Gasteiger partial charge on any atom is -0.479 e. The summed E-state index contributed by atoms with van der Waals surface area (Å²) in [4.78, 5) is 26.4. The second-order valence-corrected chi connectivity index (χ2v) is 5.15. The van der Waals surface area contributed by atoms with Crippen molar-refractivity contribution >= 4 is 12.0 Å². The molecule has 0 bridgehead atoms. The van der Waals surface area contributed by atoms with Crippen LogP contribution in [-0.4, -0.2) is 77.4 Å². The third-order valence-electron chi connectivity index (χ3n) is 3.85. The van der Waals surface area contributed by atoms with E-state index in [1.54, 1.807) is 11.9 Å². The van der Waals surface area contributed by atoms with Crippen molar-refractivity contribution in [3.8, 4) is 0 Å². The van der Waals surface area contributed by atoms with Crippen molar-refractivity contribution < 1.29 is 19.8 Å². The molecule has 3 N–H and O–H groups in total. The fourth-order valence-electron chi connectivity index (χ4n) is 2.35. The van der Waals surface area contributed by atoms with Gasteiger partial charge in [0.25, 0.3) is 0 Å². The number of carboxylic acid groups (broad SMARTS) is 1. The number of aliphatic hydroxyl groups is 1. The molecule has 1 atom stereocenters. The second kappa shape index (κ2) is 8.06. The molecule has 0 unspecified atom stereocenters. The number of rotatable bonds is 6. The summed E-state index contributed by atoms with van der Waals surface area (Å²) in [5.41, 5.74) is 0. The van der Waals surface area contributed by atoms with Gasteiger partial charge in [0.15, 0.2) is 6.10 Å². The van der Waals surface area contributed by atoms with E-state index in [0.717, 1.165) is 32.5 Å². The van der Waals surface area contributed by atoms with Gasteiger partial charge >= 0.3 is 12.0 Å². The Morgan fingerprint density at radius 1 is 1.40 bits per heavy atom. The smallest absolute Gasteiger partial charge is 0.332 e. The molecule has 0 aliphatic carbocycles. The van der Waals surface area contributed by atoms with E-state index >= 15 is 0 Å². The number of carboxylic acids is 1. The van der Waals surface area contributed by atoms with Crippen LogP contribution in [0.3, 0.4) is 0 Å². The molecule has 2 amide bonds. The van der Waals surface area contributed by atoms with Crippen LogP contribution in [0.5, 0.6) is 0 Å². The van der Waals surface area contributed by atoms with Crippen LogP contribution in [0.4, 0.5) is 4.79 Å². The molecule has 7 nitrogen and oxygen atoms in total. The SMILES string of the molecule is CCN1CCC(N(C)C(=O)NCC[C@H](O)C(=O)O)CC1. The van der Waals surface area contributed by atoms with Gasteiger partial charge in [-0.25, -0.2) is 9.59 Å². The quantitative estimate of drug-likeness (QED) is 0.637. The molecule has 1 aliphatic heterocycles. The predicted octanol–water partition coefficient (Wildman–Crippen LogP) is -0.0523. The van der Waals surface area contributed by atoms with Gasteiger partial charge in [-0.2, -0.15) is 0 Å². The Kier molecular flexibility index (Phi) is 6.74. The molecule has 0 radical (unpaired) electrons. The van der Waals surface area contributed by atoms with Crippen molar-refractivity contribution in [3.63, 3.8) is 0 Å². The average molecular weight is 287 g/mol. The van der Waals surface area contributed by atoms with E-state index in [0.29, 0.717) is 0 Å². The summed E-state index contributed by atoms with van der Waals surface area (Å²) in [5.74, 6) is -1.26. The van der Waals surface area contributed by atoms with E-state index in [9.17, 15) is 9.59 Å². The standard InChI is InChI=1S/C13H25N3O4/c1-3-16-8-5-10(6-9-16)15(2)13(20)14-7-4-11(17)12(18)19/h10-11,17H,3-9H2,1-2H3,(H,14,20)(H,18,19)/t11-/m0/s1. The molecular weight excluding hydrogens is 262 g/mol. The molecule has 0 aromatic carbocycles. The number of hydrogen-bond acceptors (Lipinski definition) is 4. The first-order valence-corrected chi connectivity index (χ1v) is 7.09. The Morgan fingerprint density at radius 3 is 2.50 bits per heavy atom. The zero-order chi connectivity index (χ0) is 15.1. The number of nitrogens with zero attached hydrogens (tertiary/aromatic N) is 2. The Hall–Kier alpha value is -1.34. The minimum atomic E-state index is -1.42. The summed E-state index contributed by atoms with van der Waals surface area (Å²) in [6.45, 7) is 5.32. The highest BCUT2D eigenvalue weighted by Gasteiger charge is 2.24. The molecule has 1 aliphatic rings. The maximum atomic E-state index is 11.9. The summed E-state index contributed by atoms with van der Waals surface area (Å²) in [6.07, 6.45) is 0.502. The lowest BCUT2D eigenvalue weighted by Crippen LogP contribution is -2.49. The Balaban J connectivity index is 2.27. The first-order chi connectivity index (χ1) is 9.45. The molecule has 1 fully saturated rings. The van der Waals surface area contributed by atoms with Gasteiger partial charge in [0, 0.05) is 39.1 Å². The number of nitrogens with one attached hydrogen (secondary N) is 1.